The van der Waals surface area contributed by atoms with Crippen LogP contribution in [0.25, 0.3) is 0 Å². The highest BCUT2D eigenvalue weighted by molar-refractivity contribution is 5.90. The maximum Gasteiger partial charge on any atom is 0.354 e. The summed E-state index contributed by atoms with van der Waals surface area (Å²) in [6.07, 6.45) is 1.48. The fourth-order valence-electron chi connectivity index (χ4n) is 1.19. The van der Waals surface area contributed by atoms with Crippen molar-refractivity contribution in [1.82, 2.24) is 4.68 Å². The number of nitrogens with zero attached hydrogens (tertiary/aromatic N) is 1. The Morgan fingerprint density at radius 2 is 2.27 bits per heavy atom. The second-order valence-corrected chi connectivity index (χ2v) is 2.99. The average molecular weight is 212 g/mol. The molecule has 1 heterocycles. The van der Waals surface area contributed by atoms with E-state index in [2.05, 4.69) is 10.2 Å². The molecule has 82 valence electrons. The molecule has 0 aromatic carbocycles. The van der Waals surface area contributed by atoms with Crippen LogP contribution in [0.3, 0.4) is 0 Å². The van der Waals surface area contributed by atoms with Crippen molar-refractivity contribution in [2.75, 3.05) is 19.1 Å². The fraction of sp³-hybridized carbons (Fsp3) is 0.333. The van der Waals surface area contributed by atoms with Gasteiger partial charge < -0.3 is 9.84 Å². The second kappa shape index (κ2) is 4.61. The second-order valence-electron chi connectivity index (χ2n) is 2.99. The van der Waals surface area contributed by atoms with E-state index >= 15 is 0 Å². The summed E-state index contributed by atoms with van der Waals surface area (Å²) < 4.78 is 5.78. The molecule has 1 aromatic rings. The van der Waals surface area contributed by atoms with Gasteiger partial charge >= 0.3 is 5.97 Å². The Labute approximate surface area is 86.4 Å². The zero-order valence-electron chi connectivity index (χ0n) is 8.48. The van der Waals surface area contributed by atoms with Crippen molar-refractivity contribution in [1.29, 1.82) is 0 Å². The Balaban J connectivity index is 2.86. The van der Waals surface area contributed by atoms with E-state index in [1.54, 1.807) is 13.0 Å². The SMILES string of the molecule is COCC(=O)Nn1ccc(C)c1C(=O)O. The van der Waals surface area contributed by atoms with Crippen LogP contribution in [0.5, 0.6) is 0 Å². The zero-order valence-corrected chi connectivity index (χ0v) is 8.48. The molecule has 1 amide bonds. The van der Waals surface area contributed by atoms with Gasteiger partial charge in [-0.15, -0.1) is 0 Å². The normalized spacial score (nSPS) is 10.0. The number of carboxylic acid groups (broad SMARTS) is 1. The largest absolute Gasteiger partial charge is 0.477 e. The average Bonchev–Trinajstić information content (AvgIpc) is 2.47. The van der Waals surface area contributed by atoms with Crippen molar-refractivity contribution in [2.45, 2.75) is 6.92 Å². The Morgan fingerprint density at radius 1 is 1.60 bits per heavy atom. The van der Waals surface area contributed by atoms with Gasteiger partial charge in [-0.2, -0.15) is 0 Å². The van der Waals surface area contributed by atoms with Gasteiger partial charge in [-0.05, 0) is 18.6 Å². The van der Waals surface area contributed by atoms with Crippen molar-refractivity contribution in [3.63, 3.8) is 0 Å². The minimum atomic E-state index is -1.09. The van der Waals surface area contributed by atoms with Crippen molar-refractivity contribution < 1.29 is 19.4 Å². The number of rotatable bonds is 4. The van der Waals surface area contributed by atoms with E-state index in [1.165, 1.54) is 18.0 Å². The van der Waals surface area contributed by atoms with Gasteiger partial charge in [0, 0.05) is 13.3 Å². The van der Waals surface area contributed by atoms with Crippen molar-refractivity contribution in [2.24, 2.45) is 0 Å². The molecule has 0 atom stereocenters. The molecule has 2 N–H and O–H groups in total. The van der Waals surface area contributed by atoms with Gasteiger partial charge in [0.05, 0.1) is 0 Å². The van der Waals surface area contributed by atoms with Crippen LogP contribution in [0.2, 0.25) is 0 Å². The number of carboxylic acids is 1. The van der Waals surface area contributed by atoms with Gasteiger partial charge in [-0.25, -0.2) is 4.79 Å². The van der Waals surface area contributed by atoms with Crippen LogP contribution in [0.1, 0.15) is 16.1 Å². The molecule has 6 heteroatoms. The van der Waals surface area contributed by atoms with Gasteiger partial charge in [0.25, 0.3) is 5.91 Å². The minimum absolute atomic E-state index is 0.0412. The molecule has 0 fully saturated rings. The van der Waals surface area contributed by atoms with Crippen LogP contribution in [-0.4, -0.2) is 35.4 Å². The molecule has 0 aliphatic heterocycles. The van der Waals surface area contributed by atoms with Gasteiger partial charge in [0.2, 0.25) is 0 Å². The molecule has 0 aliphatic carbocycles. The predicted octanol–water partition coefficient (Wildman–Crippen LogP) is 0.211. The Hall–Kier alpha value is -1.82. The first kappa shape index (κ1) is 11.3. The number of aryl methyl sites for hydroxylation is 1. The lowest BCUT2D eigenvalue weighted by molar-refractivity contribution is -0.120. The zero-order chi connectivity index (χ0) is 11.4. The van der Waals surface area contributed by atoms with Crippen LogP contribution in [0.15, 0.2) is 12.3 Å². The van der Waals surface area contributed by atoms with E-state index in [1.807, 2.05) is 0 Å². The lowest BCUT2D eigenvalue weighted by Crippen LogP contribution is -2.28. The highest BCUT2D eigenvalue weighted by Crippen LogP contribution is 2.07. The van der Waals surface area contributed by atoms with E-state index in [-0.39, 0.29) is 12.3 Å². The van der Waals surface area contributed by atoms with E-state index in [0.717, 1.165) is 0 Å². The van der Waals surface area contributed by atoms with Crippen LogP contribution in [0.4, 0.5) is 0 Å². The summed E-state index contributed by atoms with van der Waals surface area (Å²) in [5.74, 6) is -1.49. The molecular formula is C9H12N2O4. The summed E-state index contributed by atoms with van der Waals surface area (Å²) >= 11 is 0. The van der Waals surface area contributed by atoms with Crippen LogP contribution < -0.4 is 5.43 Å². The molecule has 1 aromatic heterocycles. The smallest absolute Gasteiger partial charge is 0.354 e. The van der Waals surface area contributed by atoms with E-state index in [0.29, 0.717) is 5.56 Å². The first-order valence-corrected chi connectivity index (χ1v) is 4.26. The molecule has 0 aliphatic rings. The number of aromatic nitrogens is 1. The van der Waals surface area contributed by atoms with Crippen LogP contribution in [0, 0.1) is 6.92 Å². The number of carbonyl (C=O) groups is 2. The third-order valence-electron chi connectivity index (χ3n) is 1.81. The number of aromatic carboxylic acids is 1. The summed E-state index contributed by atoms with van der Waals surface area (Å²) in [5.41, 5.74) is 3.01. The molecular weight excluding hydrogens is 200 g/mol. The molecule has 0 saturated carbocycles. The number of hydrogen-bond acceptors (Lipinski definition) is 3. The highest BCUT2D eigenvalue weighted by Gasteiger charge is 2.14. The first-order chi connectivity index (χ1) is 7.06. The van der Waals surface area contributed by atoms with Crippen LogP contribution in [-0.2, 0) is 9.53 Å². The maximum absolute atomic E-state index is 11.1. The maximum atomic E-state index is 11.1. The molecule has 15 heavy (non-hydrogen) atoms. The minimum Gasteiger partial charge on any atom is -0.477 e. The third-order valence-corrected chi connectivity index (χ3v) is 1.81. The predicted molar refractivity (Wildman–Crippen MR) is 52.4 cm³/mol. The third kappa shape index (κ3) is 2.57. The molecule has 0 radical (unpaired) electrons. The summed E-state index contributed by atoms with van der Waals surface area (Å²) in [6.45, 7) is 1.54. The Kier molecular flexibility index (Phi) is 3.46. The van der Waals surface area contributed by atoms with Crippen molar-refractivity contribution in [3.8, 4) is 0 Å². The summed E-state index contributed by atoms with van der Waals surface area (Å²) in [6, 6.07) is 1.61. The summed E-state index contributed by atoms with van der Waals surface area (Å²) in [5, 5.41) is 8.87. The molecule has 0 spiro atoms. The van der Waals surface area contributed by atoms with Gasteiger partial charge in [-0.3, -0.25) is 14.9 Å². The quantitative estimate of drug-likeness (QED) is 0.747. The van der Waals surface area contributed by atoms with Gasteiger partial charge in [0.15, 0.2) is 5.69 Å². The molecule has 0 saturated heterocycles. The number of carbonyl (C=O) groups excluding carboxylic acids is 1. The molecule has 0 unspecified atom stereocenters. The molecule has 1 rings (SSSR count). The number of amides is 1. The fourth-order valence-corrected chi connectivity index (χ4v) is 1.19. The summed E-state index contributed by atoms with van der Waals surface area (Å²) in [4.78, 5) is 22.0. The van der Waals surface area contributed by atoms with Crippen molar-refractivity contribution >= 4 is 11.9 Å². The van der Waals surface area contributed by atoms with E-state index in [4.69, 9.17) is 5.11 Å². The topological polar surface area (TPSA) is 80.6 Å². The van der Waals surface area contributed by atoms with E-state index in [9.17, 15) is 9.59 Å². The lowest BCUT2D eigenvalue weighted by Gasteiger charge is -2.08. The molecule has 6 nitrogen and oxygen atoms in total. The highest BCUT2D eigenvalue weighted by atomic mass is 16.5. The lowest BCUT2D eigenvalue weighted by atomic mass is 10.3. The standard InChI is InChI=1S/C9H12N2O4/c1-6-3-4-11(8(6)9(13)14)10-7(12)5-15-2/h3-4H,5H2,1-2H3,(H,10,12)(H,13,14). The Bertz CT molecular complexity index is 383. The number of hydrogen-bond donors (Lipinski definition) is 2. The van der Waals surface area contributed by atoms with Gasteiger partial charge in [0.1, 0.15) is 6.61 Å². The van der Waals surface area contributed by atoms with Gasteiger partial charge in [-0.1, -0.05) is 0 Å². The number of nitrogens with one attached hydrogen (secondary N) is 1. The number of ether oxygens (including phenoxy) is 1. The number of methoxy groups -OCH3 is 1. The summed E-state index contributed by atoms with van der Waals surface area (Å²) in [7, 11) is 1.39. The Morgan fingerprint density at radius 3 is 2.80 bits per heavy atom. The van der Waals surface area contributed by atoms with E-state index < -0.39 is 11.9 Å². The monoisotopic (exact) mass is 212 g/mol. The molecule has 0 bridgehead atoms. The first-order valence-electron chi connectivity index (χ1n) is 4.26. The van der Waals surface area contributed by atoms with Crippen LogP contribution >= 0.6 is 0 Å². The van der Waals surface area contributed by atoms with Crippen molar-refractivity contribution in [3.05, 3.63) is 23.5 Å².